The first-order valence-corrected chi connectivity index (χ1v) is 6.06. The van der Waals surface area contributed by atoms with Crippen molar-refractivity contribution in [1.29, 1.82) is 0 Å². The molecule has 1 aliphatic rings. The lowest BCUT2D eigenvalue weighted by Crippen LogP contribution is -3.00. The molecule has 0 spiro atoms. The van der Waals surface area contributed by atoms with E-state index in [4.69, 9.17) is 0 Å². The van der Waals surface area contributed by atoms with Crippen molar-refractivity contribution in [3.05, 3.63) is 12.2 Å². The molecule has 54 valence electrons. The Balaban J connectivity index is 0.000000640. The number of halogens is 1. The van der Waals surface area contributed by atoms with Crippen LogP contribution in [0.2, 0.25) is 0 Å². The van der Waals surface area contributed by atoms with Crippen molar-refractivity contribution >= 4 is 7.26 Å². The van der Waals surface area contributed by atoms with Gasteiger partial charge in [-0.25, -0.2) is 0 Å². The van der Waals surface area contributed by atoms with E-state index >= 15 is 0 Å². The zero-order valence-electron chi connectivity index (χ0n) is 6.26. The normalized spacial score (nSPS) is 29.9. The first kappa shape index (κ1) is 9.46. The fourth-order valence-electron chi connectivity index (χ4n) is 0.929. The van der Waals surface area contributed by atoms with Crippen LogP contribution in [-0.4, -0.2) is 25.2 Å². The summed E-state index contributed by atoms with van der Waals surface area (Å²) < 4.78 is 0. The summed E-state index contributed by atoms with van der Waals surface area (Å²) in [5, 5.41) is 0. The van der Waals surface area contributed by atoms with Crippen LogP contribution >= 0.6 is 7.26 Å². The molecular formula is C7H14ClP. The third kappa shape index (κ3) is 1.95. The molecule has 0 N–H and O–H groups in total. The van der Waals surface area contributed by atoms with Crippen LogP contribution in [0.4, 0.5) is 0 Å². The summed E-state index contributed by atoms with van der Waals surface area (Å²) in [7, 11) is -0.495. The largest absolute Gasteiger partial charge is 1.00 e. The molecule has 1 heterocycles. The second-order valence-corrected chi connectivity index (χ2v) is 7.87. The summed E-state index contributed by atoms with van der Waals surface area (Å²) in [5.74, 6) is 0. The Morgan fingerprint density at radius 3 is 2.11 bits per heavy atom. The van der Waals surface area contributed by atoms with Gasteiger partial charge in [0.1, 0.15) is 0 Å². The minimum absolute atomic E-state index is 0. The molecule has 0 fully saturated rings. The van der Waals surface area contributed by atoms with Crippen LogP contribution in [0.1, 0.15) is 6.92 Å². The third-order valence-electron chi connectivity index (χ3n) is 2.09. The zero-order chi connectivity index (χ0) is 6.20. The van der Waals surface area contributed by atoms with E-state index in [9.17, 15) is 0 Å². The Morgan fingerprint density at radius 2 is 2.00 bits per heavy atom. The minimum atomic E-state index is -0.495. The first-order valence-electron chi connectivity index (χ1n) is 3.12. The van der Waals surface area contributed by atoms with E-state index in [1.165, 1.54) is 6.16 Å². The molecule has 9 heavy (non-hydrogen) atoms. The maximum atomic E-state index is 2.43. The SMILES string of the molecule is CC1C=CC[P+]1(C)C.[Cl-]. The summed E-state index contributed by atoms with van der Waals surface area (Å²) in [5.41, 5.74) is 0.891. The fourth-order valence-corrected chi connectivity index (χ4v) is 2.51. The number of hydrogen-bond acceptors (Lipinski definition) is 0. The van der Waals surface area contributed by atoms with Gasteiger partial charge in [0, 0.05) is 20.6 Å². The van der Waals surface area contributed by atoms with Gasteiger partial charge in [-0.1, -0.05) is 0 Å². The van der Waals surface area contributed by atoms with Crippen molar-refractivity contribution in [1.82, 2.24) is 0 Å². The average Bonchev–Trinajstić information content (AvgIpc) is 1.86. The van der Waals surface area contributed by atoms with E-state index in [0.29, 0.717) is 0 Å². The molecule has 0 saturated heterocycles. The first-order chi connectivity index (χ1) is 3.63. The molecule has 0 nitrogen and oxygen atoms in total. The Labute approximate surface area is 64.5 Å². The summed E-state index contributed by atoms with van der Waals surface area (Å²) in [6.07, 6.45) is 6.06. The van der Waals surface area contributed by atoms with Crippen LogP contribution in [0.15, 0.2) is 12.2 Å². The van der Waals surface area contributed by atoms with Gasteiger partial charge in [-0.15, -0.1) is 0 Å². The molecule has 1 atom stereocenters. The lowest BCUT2D eigenvalue weighted by atomic mass is 10.4. The molecule has 0 aromatic carbocycles. The number of hydrogen-bond donors (Lipinski definition) is 0. The van der Waals surface area contributed by atoms with Gasteiger partial charge >= 0.3 is 0 Å². The molecule has 0 aromatic rings. The highest BCUT2D eigenvalue weighted by Gasteiger charge is 2.33. The maximum Gasteiger partial charge on any atom is 0.0847 e. The molecule has 0 radical (unpaired) electrons. The summed E-state index contributed by atoms with van der Waals surface area (Å²) in [6, 6.07) is 0. The number of rotatable bonds is 0. The van der Waals surface area contributed by atoms with E-state index in [1.807, 2.05) is 0 Å². The van der Waals surface area contributed by atoms with E-state index in [0.717, 1.165) is 5.66 Å². The monoisotopic (exact) mass is 164 g/mol. The van der Waals surface area contributed by atoms with Crippen LogP contribution in [0, 0.1) is 0 Å². The van der Waals surface area contributed by atoms with Crippen molar-refractivity contribution in [3.63, 3.8) is 0 Å². The van der Waals surface area contributed by atoms with E-state index in [1.54, 1.807) is 0 Å². The van der Waals surface area contributed by atoms with Crippen molar-refractivity contribution in [2.24, 2.45) is 0 Å². The fraction of sp³-hybridized carbons (Fsp3) is 0.714. The van der Waals surface area contributed by atoms with Gasteiger partial charge in [-0.05, 0) is 19.1 Å². The molecule has 1 aliphatic heterocycles. The average molecular weight is 165 g/mol. The van der Waals surface area contributed by atoms with Gasteiger partial charge in [0.15, 0.2) is 0 Å². The van der Waals surface area contributed by atoms with Crippen LogP contribution in [-0.2, 0) is 0 Å². The van der Waals surface area contributed by atoms with E-state index in [-0.39, 0.29) is 12.4 Å². The van der Waals surface area contributed by atoms with Gasteiger partial charge in [0.25, 0.3) is 0 Å². The quantitative estimate of drug-likeness (QED) is 0.326. The zero-order valence-corrected chi connectivity index (χ0v) is 7.91. The topological polar surface area (TPSA) is 0 Å². The van der Waals surface area contributed by atoms with E-state index in [2.05, 4.69) is 32.4 Å². The molecule has 1 unspecified atom stereocenters. The maximum absolute atomic E-state index is 2.43. The van der Waals surface area contributed by atoms with Crippen molar-refractivity contribution in [3.8, 4) is 0 Å². The standard InChI is InChI=1S/C7H14P.ClH/c1-7-5-4-6-8(7,2)3;/h4-5,7H,6H2,1-3H3;1H/q+1;/p-1. The predicted molar refractivity (Wildman–Crippen MR) is 42.2 cm³/mol. The van der Waals surface area contributed by atoms with Gasteiger partial charge in [-0.3, -0.25) is 0 Å². The van der Waals surface area contributed by atoms with Gasteiger partial charge in [0.2, 0.25) is 0 Å². The predicted octanol–water partition coefficient (Wildman–Crippen LogP) is -0.774. The Bertz CT molecular complexity index is 118. The highest BCUT2D eigenvalue weighted by atomic mass is 35.5. The molecule has 0 aliphatic carbocycles. The second-order valence-electron chi connectivity index (χ2n) is 3.13. The Hall–Kier alpha value is 0.460. The van der Waals surface area contributed by atoms with Gasteiger partial charge in [-0.2, -0.15) is 0 Å². The van der Waals surface area contributed by atoms with Crippen LogP contribution in [0.3, 0.4) is 0 Å². The third-order valence-corrected chi connectivity index (χ3v) is 5.62. The van der Waals surface area contributed by atoms with Crippen LogP contribution < -0.4 is 12.4 Å². The molecular weight excluding hydrogens is 151 g/mol. The Kier molecular flexibility index (Phi) is 3.19. The highest BCUT2D eigenvalue weighted by Crippen LogP contribution is 2.59. The van der Waals surface area contributed by atoms with Crippen molar-refractivity contribution in [2.45, 2.75) is 12.6 Å². The smallest absolute Gasteiger partial charge is 0.0847 e. The molecule has 0 saturated carbocycles. The van der Waals surface area contributed by atoms with Crippen LogP contribution in [0.25, 0.3) is 0 Å². The summed E-state index contributed by atoms with van der Waals surface area (Å²) in [6.45, 7) is 7.19. The number of allylic oxidation sites excluding steroid dienone is 2. The van der Waals surface area contributed by atoms with Crippen molar-refractivity contribution in [2.75, 3.05) is 19.5 Å². The molecule has 0 amide bonds. The van der Waals surface area contributed by atoms with E-state index < -0.39 is 7.26 Å². The Morgan fingerprint density at radius 1 is 1.44 bits per heavy atom. The minimum Gasteiger partial charge on any atom is -1.00 e. The molecule has 0 bridgehead atoms. The van der Waals surface area contributed by atoms with Crippen LogP contribution in [0.5, 0.6) is 0 Å². The van der Waals surface area contributed by atoms with Crippen molar-refractivity contribution < 1.29 is 12.4 Å². The molecule has 0 aromatic heterocycles. The summed E-state index contributed by atoms with van der Waals surface area (Å²) >= 11 is 0. The summed E-state index contributed by atoms with van der Waals surface area (Å²) in [4.78, 5) is 0. The molecule has 1 rings (SSSR count). The molecule has 2 heteroatoms. The highest BCUT2D eigenvalue weighted by molar-refractivity contribution is 7.75. The second kappa shape index (κ2) is 3.03. The lowest BCUT2D eigenvalue weighted by molar-refractivity contribution is -0.00000190. The van der Waals surface area contributed by atoms with Gasteiger partial charge < -0.3 is 12.4 Å². The lowest BCUT2D eigenvalue weighted by Gasteiger charge is -2.15. The van der Waals surface area contributed by atoms with Gasteiger partial charge in [0.05, 0.1) is 11.8 Å².